The molecular weight excluding hydrogens is 186 g/mol. The first-order chi connectivity index (χ1) is 7.29. The molecule has 0 amide bonds. The Morgan fingerprint density at radius 1 is 1.07 bits per heavy atom. The molecule has 2 heteroatoms. The minimum atomic E-state index is 0.341. The van der Waals surface area contributed by atoms with Crippen LogP contribution in [-0.4, -0.2) is 11.3 Å². The normalized spacial score (nSPS) is 9.93. The van der Waals surface area contributed by atoms with Gasteiger partial charge in [-0.1, -0.05) is 35.9 Å². The lowest BCUT2D eigenvalue weighted by molar-refractivity contribution is 0.561. The highest BCUT2D eigenvalue weighted by Crippen LogP contribution is 2.17. The number of aromatic nitrogens is 1. The van der Waals surface area contributed by atoms with Crippen LogP contribution in [-0.2, 0) is 4.79 Å². The Morgan fingerprint density at radius 2 is 1.80 bits per heavy atom. The fraction of sp³-hybridized carbons (Fsp3) is 0.0769. The third kappa shape index (κ3) is 2.10. The maximum Gasteiger partial charge on any atom is 0.253 e. The molecule has 0 bridgehead atoms. The summed E-state index contributed by atoms with van der Waals surface area (Å²) < 4.78 is 0. The Hall–Kier alpha value is -1.96. The van der Waals surface area contributed by atoms with E-state index in [0.29, 0.717) is 5.69 Å². The smallest absolute Gasteiger partial charge is 0.253 e. The summed E-state index contributed by atoms with van der Waals surface area (Å²) in [5, 5.41) is 0. The average molecular weight is 196 g/mol. The summed E-state index contributed by atoms with van der Waals surface area (Å²) in [5.74, 6) is 0. The molecule has 1 aromatic carbocycles. The largest absolute Gasteiger partial charge is 0.283 e. The fourth-order valence-electron chi connectivity index (χ4n) is 1.38. The second-order valence-corrected chi connectivity index (χ2v) is 3.38. The Balaban J connectivity index is 2.44. The van der Waals surface area contributed by atoms with Crippen LogP contribution in [0.4, 0.5) is 0 Å². The zero-order chi connectivity index (χ0) is 10.7. The van der Waals surface area contributed by atoms with Crippen molar-refractivity contribution in [3.05, 3.63) is 53.7 Å². The predicted octanol–water partition coefficient (Wildman–Crippen LogP) is 2.51. The summed E-state index contributed by atoms with van der Waals surface area (Å²) in [4.78, 5) is 14.6. The quantitative estimate of drug-likeness (QED) is 0.738. The van der Waals surface area contributed by atoms with Crippen LogP contribution in [0.25, 0.3) is 11.3 Å². The number of hydrogen-bond donors (Lipinski definition) is 0. The van der Waals surface area contributed by atoms with Gasteiger partial charge < -0.3 is 0 Å². The van der Waals surface area contributed by atoms with E-state index in [9.17, 15) is 4.79 Å². The molecule has 0 atom stereocenters. The van der Waals surface area contributed by atoms with Gasteiger partial charge in [0, 0.05) is 5.56 Å². The molecule has 0 saturated heterocycles. The lowest BCUT2D eigenvalue weighted by atomic mass is 10.1. The van der Waals surface area contributed by atoms with E-state index in [-0.39, 0.29) is 0 Å². The molecule has 0 N–H and O–H groups in total. The van der Waals surface area contributed by atoms with Crippen LogP contribution in [0.1, 0.15) is 11.3 Å². The van der Waals surface area contributed by atoms with Crippen molar-refractivity contribution in [3.63, 3.8) is 0 Å². The molecule has 73 valence electrons. The first-order valence-corrected chi connectivity index (χ1v) is 4.72. The van der Waals surface area contributed by atoms with Crippen molar-refractivity contribution in [2.45, 2.75) is 6.92 Å². The molecule has 2 nitrogen and oxygen atoms in total. The lowest BCUT2D eigenvalue weighted by Crippen LogP contribution is -1.89. The molecule has 0 spiro atoms. The Morgan fingerprint density at radius 3 is 2.47 bits per heavy atom. The summed E-state index contributed by atoms with van der Waals surface area (Å²) >= 11 is 0. The predicted molar refractivity (Wildman–Crippen MR) is 59.2 cm³/mol. The second-order valence-electron chi connectivity index (χ2n) is 3.38. The topological polar surface area (TPSA) is 30.0 Å². The van der Waals surface area contributed by atoms with Gasteiger partial charge in [-0.15, -0.1) is 0 Å². The third-order valence-corrected chi connectivity index (χ3v) is 2.20. The Labute approximate surface area is 88.6 Å². The van der Waals surface area contributed by atoms with Crippen LogP contribution >= 0.6 is 0 Å². The van der Waals surface area contributed by atoms with Gasteiger partial charge in [0.05, 0.1) is 5.69 Å². The van der Waals surface area contributed by atoms with E-state index in [1.54, 1.807) is 12.4 Å². The standard InChI is InChI=1S/C13H10NO/c1-10-5-7-11(8-6-10)13-4-2-3-12(9-15)14-13/h2-8H,1H3. The molecule has 1 aromatic heterocycles. The fourth-order valence-corrected chi connectivity index (χ4v) is 1.38. The number of benzene rings is 1. The van der Waals surface area contributed by atoms with Crippen LogP contribution in [0.15, 0.2) is 42.5 Å². The van der Waals surface area contributed by atoms with Crippen molar-refractivity contribution in [3.8, 4) is 11.3 Å². The van der Waals surface area contributed by atoms with Gasteiger partial charge >= 0.3 is 0 Å². The van der Waals surface area contributed by atoms with Crippen molar-refractivity contribution in [1.29, 1.82) is 0 Å². The van der Waals surface area contributed by atoms with Crippen LogP contribution in [0.5, 0.6) is 0 Å². The summed E-state index contributed by atoms with van der Waals surface area (Å²) in [5.41, 5.74) is 3.36. The van der Waals surface area contributed by atoms with Gasteiger partial charge in [0.2, 0.25) is 0 Å². The van der Waals surface area contributed by atoms with Gasteiger partial charge in [0.15, 0.2) is 0 Å². The van der Waals surface area contributed by atoms with Crippen LogP contribution in [0, 0.1) is 6.92 Å². The van der Waals surface area contributed by atoms with Gasteiger partial charge in [-0.05, 0) is 19.1 Å². The van der Waals surface area contributed by atoms with Crippen molar-refractivity contribution in [2.75, 3.05) is 0 Å². The first-order valence-electron chi connectivity index (χ1n) is 4.72. The molecule has 2 aromatic rings. The number of nitrogens with zero attached hydrogens (tertiary/aromatic N) is 1. The maximum atomic E-state index is 10.5. The van der Waals surface area contributed by atoms with Crippen molar-refractivity contribution < 1.29 is 4.79 Å². The van der Waals surface area contributed by atoms with Crippen LogP contribution < -0.4 is 0 Å². The first kappa shape index (κ1) is 9.59. The molecule has 0 unspecified atom stereocenters. The molecule has 1 radical (unpaired) electrons. The molecule has 0 aliphatic rings. The van der Waals surface area contributed by atoms with Crippen LogP contribution in [0.3, 0.4) is 0 Å². The van der Waals surface area contributed by atoms with Gasteiger partial charge in [-0.3, -0.25) is 4.79 Å². The molecule has 15 heavy (non-hydrogen) atoms. The van der Waals surface area contributed by atoms with E-state index in [0.717, 1.165) is 11.3 Å². The molecular formula is C13H10NO. The second kappa shape index (κ2) is 4.05. The Bertz CT molecular complexity index is 474. The highest BCUT2D eigenvalue weighted by molar-refractivity contribution is 5.74. The molecule has 2 rings (SSSR count). The number of pyridine rings is 1. The minimum absolute atomic E-state index is 0.341. The molecule has 0 fully saturated rings. The molecule has 0 saturated carbocycles. The minimum Gasteiger partial charge on any atom is -0.283 e. The zero-order valence-corrected chi connectivity index (χ0v) is 8.40. The summed E-state index contributed by atoms with van der Waals surface area (Å²) in [6, 6.07) is 13.4. The number of carbonyl (C=O) groups excluding carboxylic acids is 1. The number of hydrogen-bond acceptors (Lipinski definition) is 2. The third-order valence-electron chi connectivity index (χ3n) is 2.20. The average Bonchev–Trinajstić information content (AvgIpc) is 2.30. The van der Waals surface area contributed by atoms with Crippen molar-refractivity contribution in [1.82, 2.24) is 4.98 Å². The molecule has 1 heterocycles. The van der Waals surface area contributed by atoms with Gasteiger partial charge in [-0.2, -0.15) is 0 Å². The van der Waals surface area contributed by atoms with E-state index in [1.165, 1.54) is 5.56 Å². The zero-order valence-electron chi connectivity index (χ0n) is 8.40. The summed E-state index contributed by atoms with van der Waals surface area (Å²) in [6.45, 7) is 2.03. The van der Waals surface area contributed by atoms with Crippen molar-refractivity contribution in [2.24, 2.45) is 0 Å². The SMILES string of the molecule is Cc1ccc(-c2cccc([C]=O)n2)cc1. The van der Waals surface area contributed by atoms with Gasteiger partial charge in [0.25, 0.3) is 6.29 Å². The van der Waals surface area contributed by atoms with Crippen molar-refractivity contribution >= 4 is 6.29 Å². The Kier molecular flexibility index (Phi) is 2.59. The lowest BCUT2D eigenvalue weighted by Gasteiger charge is -2.01. The number of aryl methyl sites for hydroxylation is 1. The summed E-state index contributed by atoms with van der Waals surface area (Å²) in [7, 11) is 0. The van der Waals surface area contributed by atoms with E-state index in [4.69, 9.17) is 0 Å². The molecule has 0 aliphatic heterocycles. The van der Waals surface area contributed by atoms with Gasteiger partial charge in [-0.25, -0.2) is 4.98 Å². The van der Waals surface area contributed by atoms with E-state index < -0.39 is 0 Å². The monoisotopic (exact) mass is 196 g/mol. The number of rotatable bonds is 2. The highest BCUT2D eigenvalue weighted by Gasteiger charge is 2.00. The maximum absolute atomic E-state index is 10.5. The highest BCUT2D eigenvalue weighted by atomic mass is 16.1. The van der Waals surface area contributed by atoms with E-state index in [1.807, 2.05) is 43.3 Å². The van der Waals surface area contributed by atoms with E-state index >= 15 is 0 Å². The van der Waals surface area contributed by atoms with Crippen LogP contribution in [0.2, 0.25) is 0 Å². The van der Waals surface area contributed by atoms with E-state index in [2.05, 4.69) is 4.98 Å². The van der Waals surface area contributed by atoms with Gasteiger partial charge in [0.1, 0.15) is 5.69 Å². The molecule has 0 aliphatic carbocycles. The summed E-state index contributed by atoms with van der Waals surface area (Å²) in [6.07, 6.45) is 1.79.